The predicted molar refractivity (Wildman–Crippen MR) is 134 cm³/mol. The van der Waals surface area contributed by atoms with E-state index in [1.807, 2.05) is 28.8 Å². The molecular formula is C28H28N4O2. The minimum atomic E-state index is -0.254. The number of aromatic nitrogens is 2. The van der Waals surface area contributed by atoms with E-state index in [0.29, 0.717) is 29.6 Å². The Morgan fingerprint density at radius 2 is 1.76 bits per heavy atom. The van der Waals surface area contributed by atoms with Crippen LogP contribution in [-0.4, -0.2) is 33.0 Å². The van der Waals surface area contributed by atoms with Crippen molar-refractivity contribution in [1.29, 1.82) is 0 Å². The summed E-state index contributed by atoms with van der Waals surface area (Å²) in [6, 6.07) is 21.4. The van der Waals surface area contributed by atoms with Gasteiger partial charge in [0.05, 0.1) is 0 Å². The molecule has 1 saturated heterocycles. The van der Waals surface area contributed by atoms with Crippen molar-refractivity contribution in [3.05, 3.63) is 100 Å². The molecule has 2 aliphatic heterocycles. The first-order valence-electron chi connectivity index (χ1n) is 11.9. The van der Waals surface area contributed by atoms with E-state index in [2.05, 4.69) is 52.3 Å². The number of nitrogens with zero attached hydrogens (tertiary/aromatic N) is 3. The average Bonchev–Trinajstić information content (AvgIpc) is 3.17. The maximum absolute atomic E-state index is 13.3. The normalized spacial score (nSPS) is 19.7. The number of anilines is 1. The Bertz CT molecular complexity index is 1440. The molecule has 34 heavy (non-hydrogen) atoms. The van der Waals surface area contributed by atoms with Crippen molar-refractivity contribution in [2.75, 3.05) is 18.4 Å². The van der Waals surface area contributed by atoms with E-state index in [-0.39, 0.29) is 11.5 Å². The summed E-state index contributed by atoms with van der Waals surface area (Å²) < 4.78 is 4.10. The number of benzene rings is 2. The van der Waals surface area contributed by atoms with E-state index in [4.69, 9.17) is 0 Å². The summed E-state index contributed by atoms with van der Waals surface area (Å²) in [5.74, 6) is 0.503. The van der Waals surface area contributed by atoms with Crippen molar-refractivity contribution in [1.82, 2.24) is 14.0 Å². The molecule has 4 aromatic rings. The van der Waals surface area contributed by atoms with E-state index < -0.39 is 0 Å². The summed E-state index contributed by atoms with van der Waals surface area (Å²) in [7, 11) is 2.10. The summed E-state index contributed by atoms with van der Waals surface area (Å²) in [4.78, 5) is 28.4. The number of amides is 1. The van der Waals surface area contributed by atoms with Gasteiger partial charge in [-0.2, -0.15) is 0 Å². The Hall–Kier alpha value is -3.64. The molecule has 0 spiro atoms. The lowest BCUT2D eigenvalue weighted by Gasteiger charge is -2.43. The van der Waals surface area contributed by atoms with Crippen LogP contribution in [0.1, 0.15) is 34.0 Å². The second-order valence-electron chi connectivity index (χ2n) is 9.68. The average molecular weight is 453 g/mol. The van der Waals surface area contributed by atoms with Crippen LogP contribution in [0.15, 0.2) is 77.7 Å². The Morgan fingerprint density at radius 1 is 0.971 bits per heavy atom. The van der Waals surface area contributed by atoms with Crippen molar-refractivity contribution in [3.8, 4) is 0 Å². The van der Waals surface area contributed by atoms with Gasteiger partial charge >= 0.3 is 0 Å². The van der Waals surface area contributed by atoms with E-state index in [9.17, 15) is 9.59 Å². The maximum Gasteiger partial charge on any atom is 0.274 e. The van der Waals surface area contributed by atoms with E-state index in [0.717, 1.165) is 31.7 Å². The molecule has 0 saturated carbocycles. The topological polar surface area (TPSA) is 59.3 Å². The first-order chi connectivity index (χ1) is 16.6. The zero-order valence-corrected chi connectivity index (χ0v) is 19.3. The van der Waals surface area contributed by atoms with Gasteiger partial charge in [-0.1, -0.05) is 36.4 Å². The van der Waals surface area contributed by atoms with Crippen LogP contribution in [0.4, 0.5) is 5.69 Å². The van der Waals surface area contributed by atoms with Crippen LogP contribution in [0.2, 0.25) is 0 Å². The summed E-state index contributed by atoms with van der Waals surface area (Å²) in [5.41, 5.74) is 4.50. The second-order valence-corrected chi connectivity index (χ2v) is 9.68. The highest BCUT2D eigenvalue weighted by Crippen LogP contribution is 2.36. The van der Waals surface area contributed by atoms with Crippen LogP contribution in [0.3, 0.4) is 0 Å². The molecule has 2 bridgehead atoms. The highest BCUT2D eigenvalue weighted by molar-refractivity contribution is 6.04. The third-order valence-electron chi connectivity index (χ3n) is 7.34. The molecule has 172 valence electrons. The number of pyridine rings is 1. The second kappa shape index (κ2) is 8.29. The number of hydrogen-bond acceptors (Lipinski definition) is 3. The Morgan fingerprint density at radius 3 is 2.62 bits per heavy atom. The molecule has 0 aliphatic carbocycles. The molecular weight excluding hydrogens is 424 g/mol. The monoisotopic (exact) mass is 452 g/mol. The lowest BCUT2D eigenvalue weighted by atomic mass is 9.83. The fourth-order valence-electron chi connectivity index (χ4n) is 5.85. The van der Waals surface area contributed by atoms with Gasteiger partial charge in [0, 0.05) is 67.5 Å². The third-order valence-corrected chi connectivity index (χ3v) is 7.34. The highest BCUT2D eigenvalue weighted by Gasteiger charge is 2.35. The molecule has 1 N–H and O–H groups in total. The fourth-order valence-corrected chi connectivity index (χ4v) is 5.85. The van der Waals surface area contributed by atoms with Gasteiger partial charge in [0.15, 0.2) is 0 Å². The lowest BCUT2D eigenvalue weighted by Crippen LogP contribution is -2.47. The zero-order valence-electron chi connectivity index (χ0n) is 19.3. The van der Waals surface area contributed by atoms with Gasteiger partial charge in [-0.15, -0.1) is 0 Å². The van der Waals surface area contributed by atoms with Gasteiger partial charge in [0.2, 0.25) is 0 Å². The minimum Gasteiger partial charge on any atom is -0.350 e. The zero-order chi connectivity index (χ0) is 23.2. The van der Waals surface area contributed by atoms with Crippen LogP contribution >= 0.6 is 0 Å². The number of hydrogen-bond donors (Lipinski definition) is 1. The molecule has 4 heterocycles. The SMILES string of the molecule is Cn1cc(CN2C[C@@H]3C[C@H](C2)c2ccc(NC(=O)c4ccccc4)c(=O)n2C3)c2ccccc21. The molecule has 6 rings (SSSR count). The third kappa shape index (κ3) is 3.64. The van der Waals surface area contributed by atoms with Gasteiger partial charge in [-0.3, -0.25) is 14.5 Å². The molecule has 1 amide bonds. The van der Waals surface area contributed by atoms with Crippen molar-refractivity contribution in [2.24, 2.45) is 13.0 Å². The van der Waals surface area contributed by atoms with Gasteiger partial charge in [0.25, 0.3) is 11.5 Å². The number of aryl methyl sites for hydroxylation is 1. The number of nitrogens with one attached hydrogen (secondary N) is 1. The molecule has 2 aromatic carbocycles. The van der Waals surface area contributed by atoms with Gasteiger partial charge < -0.3 is 14.5 Å². The van der Waals surface area contributed by atoms with Gasteiger partial charge in [0.1, 0.15) is 5.69 Å². The summed E-state index contributed by atoms with van der Waals surface area (Å²) in [6.45, 7) is 3.54. The molecule has 2 aromatic heterocycles. The minimum absolute atomic E-state index is 0.0982. The number of para-hydroxylation sites is 1. The van der Waals surface area contributed by atoms with Crippen LogP contribution in [0.5, 0.6) is 0 Å². The molecule has 6 nitrogen and oxygen atoms in total. The molecule has 2 aliphatic rings. The first kappa shape index (κ1) is 20.9. The smallest absolute Gasteiger partial charge is 0.274 e. The van der Waals surface area contributed by atoms with Crippen molar-refractivity contribution >= 4 is 22.5 Å². The lowest BCUT2D eigenvalue weighted by molar-refractivity contribution is 0.102. The number of piperidine rings is 1. The van der Waals surface area contributed by atoms with Crippen LogP contribution in [-0.2, 0) is 20.1 Å². The number of likely N-dealkylation sites (tertiary alicyclic amines) is 1. The molecule has 6 heteroatoms. The van der Waals surface area contributed by atoms with Gasteiger partial charge in [-0.25, -0.2) is 0 Å². The highest BCUT2D eigenvalue weighted by atomic mass is 16.2. The first-order valence-corrected chi connectivity index (χ1v) is 11.9. The predicted octanol–water partition coefficient (Wildman–Crippen LogP) is 4.21. The summed E-state index contributed by atoms with van der Waals surface area (Å²) in [6.07, 6.45) is 3.36. The number of rotatable bonds is 4. The van der Waals surface area contributed by atoms with Crippen LogP contribution < -0.4 is 10.9 Å². The van der Waals surface area contributed by atoms with E-state index in [1.54, 1.807) is 18.2 Å². The largest absolute Gasteiger partial charge is 0.350 e. The quantitative estimate of drug-likeness (QED) is 0.505. The number of carbonyl (C=O) groups excluding carboxylic acids is 1. The molecule has 2 atom stereocenters. The Kier molecular flexibility index (Phi) is 5.11. The standard InChI is InChI=1S/C28H28N4O2/c1-30-16-22(23-9-5-6-10-26(23)30)18-31-14-19-13-21(17-31)25-12-11-24(28(34)32(25)15-19)29-27(33)20-7-3-2-4-8-20/h2-12,16,19,21H,13-15,17-18H2,1H3,(H,29,33)/t19-,21+/m0/s1. The maximum atomic E-state index is 13.3. The van der Waals surface area contributed by atoms with Crippen LogP contribution in [0.25, 0.3) is 10.9 Å². The fraction of sp³-hybridized carbons (Fsp3) is 0.286. The Balaban J connectivity index is 1.23. The summed E-state index contributed by atoms with van der Waals surface area (Å²) in [5, 5.41) is 4.13. The van der Waals surface area contributed by atoms with E-state index in [1.165, 1.54) is 16.5 Å². The number of carbonyl (C=O) groups is 1. The molecule has 1 fully saturated rings. The van der Waals surface area contributed by atoms with Crippen molar-refractivity contribution in [2.45, 2.75) is 25.4 Å². The van der Waals surface area contributed by atoms with Crippen molar-refractivity contribution in [3.63, 3.8) is 0 Å². The van der Waals surface area contributed by atoms with Crippen LogP contribution in [0, 0.1) is 5.92 Å². The molecule has 0 radical (unpaired) electrons. The Labute approximate surface area is 198 Å². The molecule has 0 unspecified atom stereocenters. The van der Waals surface area contributed by atoms with E-state index >= 15 is 0 Å². The van der Waals surface area contributed by atoms with Gasteiger partial charge in [-0.05, 0) is 48.2 Å². The summed E-state index contributed by atoms with van der Waals surface area (Å²) >= 11 is 0. The number of fused-ring (bicyclic) bond motifs is 5. The van der Waals surface area contributed by atoms with Crippen molar-refractivity contribution < 1.29 is 4.79 Å².